The Bertz CT molecular complexity index is 766. The maximum atomic E-state index is 11.9. The first-order chi connectivity index (χ1) is 12.9. The Kier molecular flexibility index (Phi) is 8.84. The molecule has 5 nitrogen and oxygen atoms in total. The Labute approximate surface area is 173 Å². The molecular weight excluding hydrogens is 426 g/mol. The summed E-state index contributed by atoms with van der Waals surface area (Å²) in [5, 5.41) is 5.69. The van der Waals surface area contributed by atoms with E-state index in [2.05, 4.69) is 43.6 Å². The van der Waals surface area contributed by atoms with Gasteiger partial charge in [0.2, 0.25) is 11.8 Å². The second-order valence-electron chi connectivity index (χ2n) is 6.38. The number of anilines is 1. The lowest BCUT2D eigenvalue weighted by Crippen LogP contribution is -2.25. The number of nitrogens with zero attached hydrogens (tertiary/aromatic N) is 1. The van der Waals surface area contributed by atoms with Gasteiger partial charge in [-0.15, -0.1) is 11.8 Å². The number of carbonyl (C=O) groups is 2. The van der Waals surface area contributed by atoms with Crippen LogP contribution >= 0.6 is 27.7 Å². The molecule has 2 N–H and O–H groups in total. The van der Waals surface area contributed by atoms with Gasteiger partial charge in [0, 0.05) is 23.2 Å². The van der Waals surface area contributed by atoms with Crippen molar-refractivity contribution >= 4 is 45.2 Å². The molecule has 7 heteroatoms. The average Bonchev–Trinajstić information content (AvgIpc) is 2.60. The largest absolute Gasteiger partial charge is 0.351 e. The van der Waals surface area contributed by atoms with Crippen molar-refractivity contribution in [2.45, 2.75) is 13.1 Å². The van der Waals surface area contributed by atoms with Crippen molar-refractivity contribution in [2.24, 2.45) is 0 Å². The van der Waals surface area contributed by atoms with Crippen LogP contribution in [0.1, 0.15) is 11.1 Å². The number of halogens is 1. The van der Waals surface area contributed by atoms with E-state index in [1.165, 1.54) is 17.3 Å². The zero-order valence-corrected chi connectivity index (χ0v) is 17.9. The zero-order chi connectivity index (χ0) is 19.6. The predicted octanol–water partition coefficient (Wildman–Crippen LogP) is 3.50. The SMILES string of the molecule is CN(C)Cc1ccc(CNC(=O)CSCC(=O)Nc2cccc(Br)c2)cc1. The van der Waals surface area contributed by atoms with Crippen molar-refractivity contribution in [3.63, 3.8) is 0 Å². The van der Waals surface area contributed by atoms with E-state index < -0.39 is 0 Å². The van der Waals surface area contributed by atoms with Gasteiger partial charge in [-0.05, 0) is 43.4 Å². The van der Waals surface area contributed by atoms with E-state index >= 15 is 0 Å². The van der Waals surface area contributed by atoms with Gasteiger partial charge in [0.1, 0.15) is 0 Å². The number of rotatable bonds is 9. The van der Waals surface area contributed by atoms with Crippen LogP contribution in [-0.4, -0.2) is 42.3 Å². The van der Waals surface area contributed by atoms with Crippen molar-refractivity contribution in [3.05, 3.63) is 64.1 Å². The fourth-order valence-corrected chi connectivity index (χ4v) is 3.43. The Morgan fingerprint density at radius 3 is 2.33 bits per heavy atom. The van der Waals surface area contributed by atoms with Gasteiger partial charge < -0.3 is 15.5 Å². The molecule has 2 aromatic carbocycles. The number of benzene rings is 2. The molecule has 2 amide bonds. The highest BCUT2D eigenvalue weighted by Gasteiger charge is 2.06. The summed E-state index contributed by atoms with van der Waals surface area (Å²) in [6, 6.07) is 15.6. The number of amides is 2. The molecule has 0 aliphatic rings. The third kappa shape index (κ3) is 8.60. The third-order valence-corrected chi connectivity index (χ3v) is 5.01. The molecule has 0 saturated carbocycles. The molecule has 27 heavy (non-hydrogen) atoms. The van der Waals surface area contributed by atoms with Crippen LogP contribution in [0.15, 0.2) is 53.0 Å². The van der Waals surface area contributed by atoms with Crippen molar-refractivity contribution in [1.82, 2.24) is 10.2 Å². The van der Waals surface area contributed by atoms with Gasteiger partial charge in [-0.3, -0.25) is 9.59 Å². The first-order valence-electron chi connectivity index (χ1n) is 8.55. The van der Waals surface area contributed by atoms with Crippen LogP contribution in [0.25, 0.3) is 0 Å². The van der Waals surface area contributed by atoms with Crippen LogP contribution in [0.3, 0.4) is 0 Å². The molecule has 0 aliphatic heterocycles. The normalized spacial score (nSPS) is 10.7. The number of carbonyl (C=O) groups excluding carboxylic acids is 2. The van der Waals surface area contributed by atoms with Crippen LogP contribution in [0.5, 0.6) is 0 Å². The Morgan fingerprint density at radius 2 is 1.67 bits per heavy atom. The summed E-state index contributed by atoms with van der Waals surface area (Å²) < 4.78 is 0.905. The molecule has 0 bridgehead atoms. The fraction of sp³-hybridized carbons (Fsp3) is 0.300. The molecular formula is C20H24BrN3O2S. The minimum Gasteiger partial charge on any atom is -0.351 e. The Morgan fingerprint density at radius 1 is 1.00 bits per heavy atom. The van der Waals surface area contributed by atoms with Gasteiger partial charge in [-0.25, -0.2) is 0 Å². The topological polar surface area (TPSA) is 61.4 Å². The van der Waals surface area contributed by atoms with Crippen LogP contribution in [0.4, 0.5) is 5.69 Å². The van der Waals surface area contributed by atoms with E-state index in [-0.39, 0.29) is 23.3 Å². The van der Waals surface area contributed by atoms with Crippen molar-refractivity contribution in [2.75, 3.05) is 30.9 Å². The Hall–Kier alpha value is -1.83. The van der Waals surface area contributed by atoms with E-state index in [1.807, 2.05) is 50.5 Å². The number of hydrogen-bond donors (Lipinski definition) is 2. The lowest BCUT2D eigenvalue weighted by Gasteiger charge is -2.10. The molecule has 0 radical (unpaired) electrons. The molecule has 0 aliphatic carbocycles. The van der Waals surface area contributed by atoms with Crippen LogP contribution in [-0.2, 0) is 22.7 Å². The summed E-state index contributed by atoms with van der Waals surface area (Å²) in [6.07, 6.45) is 0. The molecule has 2 aromatic rings. The monoisotopic (exact) mass is 449 g/mol. The maximum Gasteiger partial charge on any atom is 0.234 e. The van der Waals surface area contributed by atoms with Gasteiger partial charge in [0.25, 0.3) is 0 Å². The average molecular weight is 450 g/mol. The molecule has 0 aromatic heterocycles. The van der Waals surface area contributed by atoms with E-state index in [4.69, 9.17) is 0 Å². The standard InChI is InChI=1S/C20H24BrN3O2S/c1-24(2)12-16-8-6-15(7-9-16)11-22-19(25)13-27-14-20(26)23-18-5-3-4-17(21)10-18/h3-10H,11-14H2,1-2H3,(H,22,25)(H,23,26). The maximum absolute atomic E-state index is 11.9. The van der Waals surface area contributed by atoms with E-state index in [0.29, 0.717) is 6.54 Å². The summed E-state index contributed by atoms with van der Waals surface area (Å²) in [5.41, 5.74) is 3.03. The van der Waals surface area contributed by atoms with Gasteiger partial charge in [-0.1, -0.05) is 46.3 Å². The number of nitrogens with one attached hydrogen (secondary N) is 2. The van der Waals surface area contributed by atoms with Crippen molar-refractivity contribution < 1.29 is 9.59 Å². The molecule has 144 valence electrons. The lowest BCUT2D eigenvalue weighted by atomic mass is 10.1. The summed E-state index contributed by atoms with van der Waals surface area (Å²) in [7, 11) is 4.07. The number of hydrogen-bond acceptors (Lipinski definition) is 4. The fourth-order valence-electron chi connectivity index (χ4n) is 2.38. The van der Waals surface area contributed by atoms with Gasteiger partial charge in [0.15, 0.2) is 0 Å². The quantitative estimate of drug-likeness (QED) is 0.614. The second kappa shape index (κ2) is 11.1. The van der Waals surface area contributed by atoms with Crippen LogP contribution in [0, 0.1) is 0 Å². The predicted molar refractivity (Wildman–Crippen MR) is 116 cm³/mol. The summed E-state index contributed by atoms with van der Waals surface area (Å²) in [6.45, 7) is 1.39. The highest BCUT2D eigenvalue weighted by Crippen LogP contribution is 2.16. The molecule has 0 spiro atoms. The lowest BCUT2D eigenvalue weighted by molar-refractivity contribution is -0.118. The zero-order valence-electron chi connectivity index (χ0n) is 15.5. The van der Waals surface area contributed by atoms with Gasteiger partial charge in [0.05, 0.1) is 11.5 Å². The highest BCUT2D eigenvalue weighted by atomic mass is 79.9. The van der Waals surface area contributed by atoms with Crippen LogP contribution in [0.2, 0.25) is 0 Å². The van der Waals surface area contributed by atoms with Gasteiger partial charge in [-0.2, -0.15) is 0 Å². The molecule has 0 fully saturated rings. The smallest absolute Gasteiger partial charge is 0.234 e. The molecule has 0 unspecified atom stereocenters. The van der Waals surface area contributed by atoms with Crippen molar-refractivity contribution in [1.29, 1.82) is 0 Å². The first-order valence-corrected chi connectivity index (χ1v) is 10.5. The Balaban J connectivity index is 1.65. The van der Waals surface area contributed by atoms with Gasteiger partial charge >= 0.3 is 0 Å². The minimum atomic E-state index is -0.123. The number of thioether (sulfide) groups is 1. The summed E-state index contributed by atoms with van der Waals surface area (Å²) >= 11 is 4.66. The molecule has 0 heterocycles. The second-order valence-corrected chi connectivity index (χ2v) is 8.28. The van der Waals surface area contributed by atoms with Crippen LogP contribution < -0.4 is 10.6 Å². The summed E-state index contributed by atoms with van der Waals surface area (Å²) in [5.74, 6) is 0.291. The summed E-state index contributed by atoms with van der Waals surface area (Å²) in [4.78, 5) is 26.0. The third-order valence-electron chi connectivity index (χ3n) is 3.59. The van der Waals surface area contributed by atoms with Crippen molar-refractivity contribution in [3.8, 4) is 0 Å². The minimum absolute atomic E-state index is 0.0763. The van der Waals surface area contributed by atoms with E-state index in [0.717, 1.165) is 22.3 Å². The van der Waals surface area contributed by atoms with E-state index in [1.54, 1.807) is 0 Å². The molecule has 0 atom stereocenters. The van der Waals surface area contributed by atoms with E-state index in [9.17, 15) is 9.59 Å². The molecule has 0 saturated heterocycles. The first kappa shape index (κ1) is 21.5. The molecule has 2 rings (SSSR count). The highest BCUT2D eigenvalue weighted by molar-refractivity contribution is 9.10.